The van der Waals surface area contributed by atoms with E-state index in [2.05, 4.69) is 181 Å². The van der Waals surface area contributed by atoms with Crippen molar-refractivity contribution in [2.24, 2.45) is 0 Å². The van der Waals surface area contributed by atoms with Gasteiger partial charge in [-0.2, -0.15) is 0 Å². The fourth-order valence-corrected chi connectivity index (χ4v) is 8.44. The van der Waals surface area contributed by atoms with Crippen LogP contribution in [-0.4, -0.2) is 6.54 Å². The number of anilines is 2. The van der Waals surface area contributed by atoms with E-state index in [9.17, 15) is 0 Å². The maximum absolute atomic E-state index is 2.49. The third kappa shape index (κ3) is 4.62. The molecule has 0 radical (unpaired) electrons. The molecule has 0 N–H and O–H groups in total. The van der Waals surface area contributed by atoms with Gasteiger partial charge in [-0.05, 0) is 125 Å². The molecule has 0 saturated heterocycles. The Hall–Kier alpha value is -6.18. The third-order valence-electron chi connectivity index (χ3n) is 10.7. The summed E-state index contributed by atoms with van der Waals surface area (Å²) < 4.78 is 0. The third-order valence-corrected chi connectivity index (χ3v) is 10.7. The summed E-state index contributed by atoms with van der Waals surface area (Å²) >= 11 is 0. The van der Waals surface area contributed by atoms with Crippen LogP contribution in [0.3, 0.4) is 0 Å². The Kier molecular flexibility index (Phi) is 6.77. The van der Waals surface area contributed by atoms with Crippen molar-refractivity contribution in [3.8, 4) is 33.4 Å². The van der Waals surface area contributed by atoms with Crippen LogP contribution in [0.1, 0.15) is 12.0 Å². The van der Waals surface area contributed by atoms with Gasteiger partial charge in [0.2, 0.25) is 0 Å². The second-order valence-electron chi connectivity index (χ2n) is 13.5. The minimum atomic E-state index is 1.03. The van der Waals surface area contributed by atoms with Crippen LogP contribution in [0.15, 0.2) is 176 Å². The summed E-state index contributed by atoms with van der Waals surface area (Å²) in [5.74, 6) is 0. The molecule has 0 aromatic heterocycles. The molecule has 0 aliphatic carbocycles. The van der Waals surface area contributed by atoms with Crippen molar-refractivity contribution in [3.63, 3.8) is 0 Å². The molecule has 1 aliphatic heterocycles. The van der Waals surface area contributed by atoms with Gasteiger partial charge in [0, 0.05) is 17.9 Å². The zero-order chi connectivity index (χ0) is 33.0. The van der Waals surface area contributed by atoms with E-state index in [-0.39, 0.29) is 0 Å². The molecule has 236 valence electrons. The maximum atomic E-state index is 2.49. The van der Waals surface area contributed by atoms with Crippen molar-refractivity contribution < 1.29 is 0 Å². The van der Waals surface area contributed by atoms with Gasteiger partial charge in [0.1, 0.15) is 0 Å². The molecule has 0 saturated carbocycles. The SMILES string of the molecule is c1ccc(-c2cc(-c3ccc4ccccc4c3)c(-c3ccc(N4CCCc5ccccc54)cc3)c3c4ccccc4c4ccccc4c23)cc1. The lowest BCUT2D eigenvalue weighted by Crippen LogP contribution is -2.24. The number of hydrogen-bond donors (Lipinski definition) is 0. The first-order valence-corrected chi connectivity index (χ1v) is 17.7. The lowest BCUT2D eigenvalue weighted by Gasteiger charge is -2.31. The van der Waals surface area contributed by atoms with E-state index >= 15 is 0 Å². The molecule has 1 aliphatic rings. The molecule has 50 heavy (non-hydrogen) atoms. The molecule has 0 fully saturated rings. The minimum absolute atomic E-state index is 1.03. The highest BCUT2D eigenvalue weighted by Gasteiger charge is 2.23. The average molecular weight is 638 g/mol. The molecule has 9 aromatic rings. The van der Waals surface area contributed by atoms with E-state index in [0.29, 0.717) is 0 Å². The molecule has 1 heterocycles. The van der Waals surface area contributed by atoms with E-state index < -0.39 is 0 Å². The Balaban J connectivity index is 1.32. The van der Waals surface area contributed by atoms with E-state index in [4.69, 9.17) is 0 Å². The van der Waals surface area contributed by atoms with Gasteiger partial charge in [-0.3, -0.25) is 0 Å². The van der Waals surface area contributed by atoms with Gasteiger partial charge in [-0.25, -0.2) is 0 Å². The van der Waals surface area contributed by atoms with Crippen LogP contribution in [0.4, 0.5) is 11.4 Å². The van der Waals surface area contributed by atoms with Crippen LogP contribution in [0.2, 0.25) is 0 Å². The van der Waals surface area contributed by atoms with Gasteiger partial charge in [-0.15, -0.1) is 0 Å². The Morgan fingerprint density at radius 3 is 1.80 bits per heavy atom. The zero-order valence-electron chi connectivity index (χ0n) is 27.8. The highest BCUT2D eigenvalue weighted by molar-refractivity contribution is 6.33. The van der Waals surface area contributed by atoms with Gasteiger partial charge in [-0.1, -0.05) is 146 Å². The summed E-state index contributed by atoms with van der Waals surface area (Å²) in [4.78, 5) is 2.49. The van der Waals surface area contributed by atoms with Crippen LogP contribution >= 0.6 is 0 Å². The number of benzene rings is 9. The van der Waals surface area contributed by atoms with E-state index in [1.54, 1.807) is 0 Å². The lowest BCUT2D eigenvalue weighted by atomic mass is 9.81. The van der Waals surface area contributed by atoms with Gasteiger partial charge in [0.05, 0.1) is 0 Å². The van der Waals surface area contributed by atoms with E-state index in [0.717, 1.165) is 19.4 Å². The average Bonchev–Trinajstić information content (AvgIpc) is 3.20. The number of rotatable bonds is 4. The Labute approximate surface area is 292 Å². The van der Waals surface area contributed by atoms with E-state index in [1.165, 1.54) is 93.4 Å². The molecule has 0 unspecified atom stereocenters. The summed E-state index contributed by atoms with van der Waals surface area (Å²) in [6.07, 6.45) is 2.30. The van der Waals surface area contributed by atoms with Gasteiger partial charge < -0.3 is 4.90 Å². The largest absolute Gasteiger partial charge is 0.341 e. The molecule has 1 nitrogen and oxygen atoms in total. The molecular weight excluding hydrogens is 603 g/mol. The smallest absolute Gasteiger partial charge is 0.0443 e. The topological polar surface area (TPSA) is 3.24 Å². The first-order chi connectivity index (χ1) is 24.8. The summed E-state index contributed by atoms with van der Waals surface area (Å²) in [5.41, 5.74) is 11.5. The van der Waals surface area contributed by atoms with Crippen LogP contribution in [0, 0.1) is 0 Å². The van der Waals surface area contributed by atoms with Crippen LogP contribution in [-0.2, 0) is 6.42 Å². The van der Waals surface area contributed by atoms with Gasteiger partial charge in [0.25, 0.3) is 0 Å². The fourth-order valence-electron chi connectivity index (χ4n) is 8.44. The van der Waals surface area contributed by atoms with Gasteiger partial charge in [0.15, 0.2) is 0 Å². The number of para-hydroxylation sites is 1. The van der Waals surface area contributed by atoms with Crippen molar-refractivity contribution in [2.75, 3.05) is 11.4 Å². The highest BCUT2D eigenvalue weighted by atomic mass is 15.1. The van der Waals surface area contributed by atoms with Crippen LogP contribution in [0.5, 0.6) is 0 Å². The number of aryl methyl sites for hydroxylation is 1. The molecule has 0 spiro atoms. The number of nitrogens with zero attached hydrogens (tertiary/aromatic N) is 1. The summed E-state index contributed by atoms with van der Waals surface area (Å²) in [6, 6.07) is 65.3. The van der Waals surface area contributed by atoms with Crippen LogP contribution in [0.25, 0.3) is 76.5 Å². The highest BCUT2D eigenvalue weighted by Crippen LogP contribution is 2.49. The van der Waals surface area contributed by atoms with Gasteiger partial charge >= 0.3 is 0 Å². The minimum Gasteiger partial charge on any atom is -0.341 e. The number of hydrogen-bond acceptors (Lipinski definition) is 1. The molecular formula is C49H35N. The molecule has 0 bridgehead atoms. The standard InChI is InChI=1S/C49H35N/c1-2-14-34(15-3-1)44-32-45(38-25-24-33-13-4-5-17-37(33)31-38)47(49-43-22-10-8-20-41(43)40-19-7-9-21-42(40)48(44)49)36-26-28-39(29-27-36)50-30-12-18-35-16-6-11-23-46(35)50/h1-11,13-17,19-29,31-32H,12,18,30H2. The summed E-state index contributed by atoms with van der Waals surface area (Å²) in [7, 11) is 0. The van der Waals surface area contributed by atoms with Crippen molar-refractivity contribution in [1.29, 1.82) is 0 Å². The predicted molar refractivity (Wildman–Crippen MR) is 215 cm³/mol. The maximum Gasteiger partial charge on any atom is 0.0443 e. The summed E-state index contributed by atoms with van der Waals surface area (Å²) in [5, 5.41) is 10.3. The number of fused-ring (bicyclic) bond motifs is 8. The van der Waals surface area contributed by atoms with Crippen molar-refractivity contribution in [2.45, 2.75) is 12.8 Å². The monoisotopic (exact) mass is 637 g/mol. The summed E-state index contributed by atoms with van der Waals surface area (Å²) in [6.45, 7) is 1.03. The molecule has 0 amide bonds. The Morgan fingerprint density at radius 1 is 0.400 bits per heavy atom. The molecule has 0 atom stereocenters. The second-order valence-corrected chi connectivity index (χ2v) is 13.5. The predicted octanol–water partition coefficient (Wildman–Crippen LogP) is 13.4. The van der Waals surface area contributed by atoms with Crippen molar-refractivity contribution in [3.05, 3.63) is 181 Å². The normalized spacial score (nSPS) is 12.9. The second kappa shape index (κ2) is 11.8. The first-order valence-electron chi connectivity index (χ1n) is 17.7. The zero-order valence-corrected chi connectivity index (χ0v) is 27.8. The van der Waals surface area contributed by atoms with Crippen LogP contribution < -0.4 is 4.90 Å². The lowest BCUT2D eigenvalue weighted by molar-refractivity contribution is 0.767. The first kappa shape index (κ1) is 28.8. The molecule has 9 aromatic carbocycles. The fraction of sp³-hybridized carbons (Fsp3) is 0.0612. The Bertz CT molecular complexity index is 2720. The molecule has 10 rings (SSSR count). The quantitative estimate of drug-likeness (QED) is 0.174. The molecule has 1 heteroatoms. The Morgan fingerprint density at radius 2 is 1.02 bits per heavy atom. The van der Waals surface area contributed by atoms with E-state index in [1.807, 2.05) is 0 Å². The van der Waals surface area contributed by atoms with Crippen molar-refractivity contribution in [1.82, 2.24) is 0 Å². The van der Waals surface area contributed by atoms with Crippen molar-refractivity contribution >= 4 is 54.5 Å².